The maximum atomic E-state index is 14.2. The summed E-state index contributed by atoms with van der Waals surface area (Å²) >= 11 is 0. The van der Waals surface area contributed by atoms with E-state index in [-0.39, 0.29) is 47.4 Å². The maximum Gasteiger partial charge on any atom is 0.241 e. The van der Waals surface area contributed by atoms with Crippen LogP contribution in [0.3, 0.4) is 0 Å². The lowest BCUT2D eigenvalue weighted by atomic mass is 9.74. The molecule has 6 fully saturated rings. The summed E-state index contributed by atoms with van der Waals surface area (Å²) < 4.78 is 14.2. The minimum Gasteiger partial charge on any atom is -0.341 e. The predicted octanol–water partition coefficient (Wildman–Crippen LogP) is 1.34. The van der Waals surface area contributed by atoms with Gasteiger partial charge in [0.2, 0.25) is 11.8 Å². The molecule has 4 saturated heterocycles. The van der Waals surface area contributed by atoms with Crippen molar-refractivity contribution in [2.75, 3.05) is 19.6 Å². The first kappa shape index (κ1) is 21.3. The highest BCUT2D eigenvalue weighted by Crippen LogP contribution is 2.50. The molecule has 8 atom stereocenters. The van der Waals surface area contributed by atoms with E-state index in [2.05, 4.69) is 28.0 Å². The molecule has 7 nitrogen and oxygen atoms in total. The number of rotatable bonds is 3. The Morgan fingerprint density at radius 1 is 1.00 bits per heavy atom. The number of carbonyl (C=O) groups excluding carboxylic acids is 2. The van der Waals surface area contributed by atoms with Gasteiger partial charge in [-0.05, 0) is 63.2 Å². The number of hydrazine groups is 1. The largest absolute Gasteiger partial charge is 0.341 e. The van der Waals surface area contributed by atoms with Crippen LogP contribution < -0.4 is 16.2 Å². The molecular formula is C24H38FN5O2. The van der Waals surface area contributed by atoms with Crippen molar-refractivity contribution in [3.05, 3.63) is 0 Å². The SMILES string of the molecule is CCC1CC(F)CC2NC(C(=O)N3CCC4NNC(C(=O)N5CCCC56CC6)C4C3)CC12. The van der Waals surface area contributed by atoms with Gasteiger partial charge in [-0.15, -0.1) is 0 Å². The van der Waals surface area contributed by atoms with E-state index in [0.29, 0.717) is 31.2 Å². The third-order valence-electron chi connectivity index (χ3n) is 9.71. The van der Waals surface area contributed by atoms with Gasteiger partial charge in [0.1, 0.15) is 12.2 Å². The molecule has 2 aliphatic carbocycles. The first-order valence-corrected chi connectivity index (χ1v) is 13.0. The molecule has 32 heavy (non-hydrogen) atoms. The molecule has 2 amide bonds. The van der Waals surface area contributed by atoms with Crippen LogP contribution in [-0.4, -0.2) is 77.1 Å². The summed E-state index contributed by atoms with van der Waals surface area (Å²) in [5, 5.41) is 3.50. The first-order chi connectivity index (χ1) is 15.5. The van der Waals surface area contributed by atoms with E-state index in [1.807, 2.05) is 4.90 Å². The van der Waals surface area contributed by atoms with Crippen LogP contribution in [0, 0.1) is 17.8 Å². The van der Waals surface area contributed by atoms with Crippen molar-refractivity contribution >= 4 is 11.8 Å². The number of nitrogens with zero attached hydrogens (tertiary/aromatic N) is 2. The summed E-state index contributed by atoms with van der Waals surface area (Å²) in [6.07, 6.45) is 7.65. The zero-order chi connectivity index (χ0) is 22.0. The number of alkyl halides is 1. The molecular weight excluding hydrogens is 409 g/mol. The predicted molar refractivity (Wildman–Crippen MR) is 118 cm³/mol. The number of nitrogens with one attached hydrogen (secondary N) is 3. The number of hydrogen-bond acceptors (Lipinski definition) is 5. The molecule has 3 N–H and O–H groups in total. The Balaban J connectivity index is 1.12. The molecule has 4 heterocycles. The lowest BCUT2D eigenvalue weighted by molar-refractivity contribution is -0.139. The maximum absolute atomic E-state index is 14.2. The van der Waals surface area contributed by atoms with Crippen LogP contribution in [0.25, 0.3) is 0 Å². The van der Waals surface area contributed by atoms with E-state index in [1.54, 1.807) is 0 Å². The van der Waals surface area contributed by atoms with Gasteiger partial charge < -0.3 is 15.1 Å². The van der Waals surface area contributed by atoms with Gasteiger partial charge in [-0.2, -0.15) is 0 Å². The number of piperidine rings is 1. The van der Waals surface area contributed by atoms with E-state index in [0.717, 1.165) is 58.0 Å². The van der Waals surface area contributed by atoms with Crippen molar-refractivity contribution in [3.8, 4) is 0 Å². The summed E-state index contributed by atoms with van der Waals surface area (Å²) in [5.74, 6) is 1.27. The normalized spacial score (nSPS) is 44.6. The van der Waals surface area contributed by atoms with Gasteiger partial charge in [0.05, 0.1) is 6.04 Å². The van der Waals surface area contributed by atoms with E-state index in [4.69, 9.17) is 0 Å². The lowest BCUT2D eigenvalue weighted by Gasteiger charge is -2.38. The summed E-state index contributed by atoms with van der Waals surface area (Å²) in [4.78, 5) is 31.0. The fourth-order valence-corrected chi connectivity index (χ4v) is 7.75. The standard InChI is InChI=1S/C24H38FN5O2/c1-2-14-10-15(25)11-19-16(14)12-20(26-19)22(31)29-9-4-18-17(13-29)21(28-27-18)23(32)30-8-3-5-24(30)6-7-24/h14-21,26-28H,2-13H2,1H3. The van der Waals surface area contributed by atoms with Crippen LogP contribution in [0.4, 0.5) is 4.39 Å². The Hall–Kier alpha value is -1.25. The molecule has 8 heteroatoms. The van der Waals surface area contributed by atoms with E-state index >= 15 is 0 Å². The number of fused-ring (bicyclic) bond motifs is 2. The minimum atomic E-state index is -0.749. The fourth-order valence-electron chi connectivity index (χ4n) is 7.75. The molecule has 0 bridgehead atoms. The zero-order valence-corrected chi connectivity index (χ0v) is 19.2. The average Bonchev–Trinajstić information content (AvgIpc) is 3.14. The number of carbonyl (C=O) groups is 2. The quantitative estimate of drug-likeness (QED) is 0.609. The molecule has 2 saturated carbocycles. The monoisotopic (exact) mass is 447 g/mol. The molecule has 8 unspecified atom stereocenters. The van der Waals surface area contributed by atoms with E-state index < -0.39 is 6.17 Å². The Morgan fingerprint density at radius 3 is 2.62 bits per heavy atom. The molecule has 6 aliphatic rings. The molecule has 4 aliphatic heterocycles. The molecule has 0 radical (unpaired) electrons. The van der Waals surface area contributed by atoms with Gasteiger partial charge in [0.15, 0.2) is 0 Å². The van der Waals surface area contributed by atoms with E-state index in [1.165, 1.54) is 0 Å². The van der Waals surface area contributed by atoms with Gasteiger partial charge in [-0.1, -0.05) is 13.3 Å². The topological polar surface area (TPSA) is 76.7 Å². The number of amides is 2. The number of halogens is 1. The second-order valence-electron chi connectivity index (χ2n) is 11.4. The molecule has 178 valence electrons. The van der Waals surface area contributed by atoms with Gasteiger partial charge in [-0.25, -0.2) is 9.82 Å². The number of hydrogen-bond donors (Lipinski definition) is 3. The van der Waals surface area contributed by atoms with Crippen molar-refractivity contribution in [2.45, 2.75) is 101 Å². The van der Waals surface area contributed by atoms with Crippen LogP contribution in [0.1, 0.15) is 64.7 Å². The van der Waals surface area contributed by atoms with Crippen molar-refractivity contribution < 1.29 is 14.0 Å². The molecule has 0 aromatic rings. The Kier molecular flexibility index (Phi) is 5.26. The lowest BCUT2D eigenvalue weighted by Crippen LogP contribution is -2.56. The van der Waals surface area contributed by atoms with Crippen molar-refractivity contribution in [1.29, 1.82) is 0 Å². The van der Waals surface area contributed by atoms with Crippen molar-refractivity contribution in [2.24, 2.45) is 17.8 Å². The molecule has 1 spiro atoms. The smallest absolute Gasteiger partial charge is 0.241 e. The third kappa shape index (κ3) is 3.40. The summed E-state index contributed by atoms with van der Waals surface area (Å²) in [5.41, 5.74) is 6.80. The van der Waals surface area contributed by atoms with E-state index in [9.17, 15) is 14.0 Å². The summed E-state index contributed by atoms with van der Waals surface area (Å²) in [6.45, 7) is 4.36. The van der Waals surface area contributed by atoms with Gasteiger partial charge in [-0.3, -0.25) is 15.0 Å². The molecule has 6 rings (SSSR count). The Morgan fingerprint density at radius 2 is 1.84 bits per heavy atom. The number of likely N-dealkylation sites (tertiary alicyclic amines) is 2. The molecule has 0 aromatic carbocycles. The van der Waals surface area contributed by atoms with Crippen molar-refractivity contribution in [1.82, 2.24) is 26.0 Å². The minimum absolute atomic E-state index is 0.110. The summed E-state index contributed by atoms with van der Waals surface area (Å²) in [7, 11) is 0. The Labute approximate surface area is 190 Å². The summed E-state index contributed by atoms with van der Waals surface area (Å²) in [6, 6.07) is -0.0846. The second kappa shape index (κ2) is 7.91. The molecule has 0 aromatic heterocycles. The average molecular weight is 448 g/mol. The van der Waals surface area contributed by atoms with Crippen LogP contribution in [0.5, 0.6) is 0 Å². The van der Waals surface area contributed by atoms with Crippen molar-refractivity contribution in [3.63, 3.8) is 0 Å². The van der Waals surface area contributed by atoms with Crippen LogP contribution in [0.2, 0.25) is 0 Å². The highest BCUT2D eigenvalue weighted by Gasteiger charge is 2.56. The highest BCUT2D eigenvalue weighted by atomic mass is 19.1. The van der Waals surface area contributed by atoms with Crippen LogP contribution in [-0.2, 0) is 9.59 Å². The van der Waals surface area contributed by atoms with Crippen LogP contribution >= 0.6 is 0 Å². The first-order valence-electron chi connectivity index (χ1n) is 13.0. The highest BCUT2D eigenvalue weighted by molar-refractivity contribution is 5.85. The van der Waals surface area contributed by atoms with Gasteiger partial charge in [0.25, 0.3) is 0 Å². The second-order valence-corrected chi connectivity index (χ2v) is 11.4. The zero-order valence-electron chi connectivity index (χ0n) is 19.2. The van der Waals surface area contributed by atoms with Gasteiger partial charge in [0, 0.05) is 43.2 Å². The van der Waals surface area contributed by atoms with Gasteiger partial charge >= 0.3 is 0 Å². The Bertz CT molecular complexity index is 775. The third-order valence-corrected chi connectivity index (χ3v) is 9.71. The fraction of sp³-hybridized carbons (Fsp3) is 0.917. The van der Waals surface area contributed by atoms with Crippen LogP contribution in [0.15, 0.2) is 0 Å².